The fourth-order valence-corrected chi connectivity index (χ4v) is 3.34. The van der Waals surface area contributed by atoms with E-state index in [1.807, 2.05) is 0 Å². The van der Waals surface area contributed by atoms with Crippen LogP contribution in [0, 0.1) is 6.92 Å². The van der Waals surface area contributed by atoms with Gasteiger partial charge in [0.25, 0.3) is 11.5 Å². The van der Waals surface area contributed by atoms with Crippen molar-refractivity contribution in [2.75, 3.05) is 0 Å². The number of hydrogen-bond donors (Lipinski definition) is 2. The van der Waals surface area contributed by atoms with Crippen LogP contribution in [0.4, 0.5) is 0 Å². The second-order valence-electron chi connectivity index (χ2n) is 5.46. The number of carbonyl (C=O) groups excluding carboxylic acids is 1. The van der Waals surface area contributed by atoms with Crippen LogP contribution < -0.4 is 5.56 Å². The van der Waals surface area contributed by atoms with Crippen molar-refractivity contribution in [1.29, 1.82) is 0 Å². The molecule has 2 aromatic rings. The van der Waals surface area contributed by atoms with E-state index >= 15 is 0 Å². The first-order chi connectivity index (χ1) is 12.3. The number of amidine groups is 1. The molecule has 1 aliphatic heterocycles. The number of carboxylic acid groups (broad SMARTS) is 1. The lowest BCUT2D eigenvalue weighted by Crippen LogP contribution is -2.17. The van der Waals surface area contributed by atoms with E-state index in [-0.39, 0.29) is 17.1 Å². The molecule has 0 fully saturated rings. The average Bonchev–Trinajstić information content (AvgIpc) is 3.06. The van der Waals surface area contributed by atoms with Gasteiger partial charge < -0.3 is 5.11 Å². The number of H-pyrrole nitrogens is 1. The molecule has 3 rings (SSSR count). The third-order valence-electron chi connectivity index (χ3n) is 3.59. The Kier molecular flexibility index (Phi) is 5.10. The molecule has 1 aliphatic rings. The molecule has 2 heterocycles. The standard InChI is InChI=1S/C16H13ClN4O4S/c1-8-11(7-18-16-19-14(24)12(26-16)6-13(22)23)15(25)21(20-8)10-4-2-9(17)3-5-10/h2-5,7,12,20H,6H2,1H3,(H,22,23)/b18-7+. The zero-order valence-corrected chi connectivity index (χ0v) is 15.0. The van der Waals surface area contributed by atoms with E-state index < -0.39 is 17.1 Å². The molecule has 1 aromatic carbocycles. The van der Waals surface area contributed by atoms with Gasteiger partial charge in [-0.3, -0.25) is 19.5 Å². The molecule has 10 heteroatoms. The minimum absolute atomic E-state index is 0.138. The van der Waals surface area contributed by atoms with Crippen LogP contribution in [0.25, 0.3) is 5.69 Å². The SMILES string of the molecule is Cc1[nH]n(-c2ccc(Cl)cc2)c(=O)c1/C=N/C1=NC(=O)C(CC(=O)O)S1. The van der Waals surface area contributed by atoms with Crippen LogP contribution in [0.15, 0.2) is 39.0 Å². The van der Waals surface area contributed by atoms with E-state index in [1.54, 1.807) is 31.2 Å². The minimum Gasteiger partial charge on any atom is -0.481 e. The summed E-state index contributed by atoms with van der Waals surface area (Å²) in [7, 11) is 0. The molecule has 2 N–H and O–H groups in total. The minimum atomic E-state index is -1.08. The Balaban J connectivity index is 1.83. The van der Waals surface area contributed by atoms with Gasteiger partial charge >= 0.3 is 5.97 Å². The summed E-state index contributed by atoms with van der Waals surface area (Å²) in [6.07, 6.45) is 1.00. The van der Waals surface area contributed by atoms with Crippen molar-refractivity contribution in [2.45, 2.75) is 18.6 Å². The zero-order chi connectivity index (χ0) is 18.8. The van der Waals surface area contributed by atoms with E-state index in [2.05, 4.69) is 15.1 Å². The number of aryl methyl sites for hydroxylation is 1. The van der Waals surface area contributed by atoms with Crippen LogP contribution in [0.3, 0.4) is 0 Å². The van der Waals surface area contributed by atoms with Gasteiger partial charge in [-0.25, -0.2) is 9.67 Å². The highest BCUT2D eigenvalue weighted by Gasteiger charge is 2.30. The molecule has 0 spiro atoms. The Bertz CT molecular complexity index is 991. The number of aromatic amines is 1. The summed E-state index contributed by atoms with van der Waals surface area (Å²) in [4.78, 5) is 42.7. The van der Waals surface area contributed by atoms with Crippen molar-refractivity contribution in [3.8, 4) is 5.69 Å². The first kappa shape index (κ1) is 18.2. The summed E-state index contributed by atoms with van der Waals surface area (Å²) in [5.74, 6) is -1.61. The fraction of sp³-hybridized carbons (Fsp3) is 0.188. The predicted molar refractivity (Wildman–Crippen MR) is 99.8 cm³/mol. The van der Waals surface area contributed by atoms with E-state index in [9.17, 15) is 14.4 Å². The van der Waals surface area contributed by atoms with Crippen molar-refractivity contribution in [3.63, 3.8) is 0 Å². The molecule has 0 bridgehead atoms. The Morgan fingerprint density at radius 3 is 2.77 bits per heavy atom. The smallest absolute Gasteiger partial charge is 0.305 e. The molecule has 134 valence electrons. The van der Waals surface area contributed by atoms with E-state index in [0.717, 1.165) is 11.8 Å². The van der Waals surface area contributed by atoms with Crippen LogP contribution in [0.5, 0.6) is 0 Å². The second-order valence-corrected chi connectivity index (χ2v) is 7.07. The predicted octanol–water partition coefficient (Wildman–Crippen LogP) is 2.02. The molecule has 1 aromatic heterocycles. The van der Waals surface area contributed by atoms with Crippen LogP contribution in [-0.4, -0.2) is 43.4 Å². The van der Waals surface area contributed by atoms with Crippen molar-refractivity contribution >= 4 is 46.6 Å². The fourth-order valence-electron chi connectivity index (χ4n) is 2.32. The molecular weight excluding hydrogens is 380 g/mol. The number of hydrogen-bond acceptors (Lipinski definition) is 5. The molecule has 0 saturated heterocycles. The van der Waals surface area contributed by atoms with Crippen molar-refractivity contribution in [3.05, 3.63) is 50.9 Å². The zero-order valence-electron chi connectivity index (χ0n) is 13.5. The van der Waals surface area contributed by atoms with Gasteiger partial charge in [0.15, 0.2) is 5.17 Å². The van der Waals surface area contributed by atoms with Crippen LogP contribution in [-0.2, 0) is 9.59 Å². The third-order valence-corrected chi connectivity index (χ3v) is 4.91. The molecular formula is C16H13ClN4O4S. The highest BCUT2D eigenvalue weighted by Crippen LogP contribution is 2.25. The molecule has 8 nitrogen and oxygen atoms in total. The third kappa shape index (κ3) is 3.78. The highest BCUT2D eigenvalue weighted by molar-refractivity contribution is 8.15. The van der Waals surface area contributed by atoms with Crippen molar-refractivity contribution in [2.24, 2.45) is 9.98 Å². The number of aliphatic carboxylic acids is 1. The Labute approximate surface area is 156 Å². The van der Waals surface area contributed by atoms with Gasteiger partial charge in [0, 0.05) is 16.9 Å². The first-order valence-corrected chi connectivity index (χ1v) is 8.73. The van der Waals surface area contributed by atoms with Crippen LogP contribution in [0.1, 0.15) is 17.7 Å². The maximum atomic E-state index is 12.6. The van der Waals surface area contributed by atoms with Gasteiger partial charge in [-0.2, -0.15) is 4.99 Å². The Morgan fingerprint density at radius 1 is 1.42 bits per heavy atom. The molecule has 1 atom stereocenters. The molecule has 0 aliphatic carbocycles. The summed E-state index contributed by atoms with van der Waals surface area (Å²) >= 11 is 6.83. The number of nitrogens with zero attached hydrogens (tertiary/aromatic N) is 3. The number of benzene rings is 1. The van der Waals surface area contributed by atoms with Crippen molar-refractivity contribution < 1.29 is 14.7 Å². The maximum absolute atomic E-state index is 12.6. The Hall–Kier alpha value is -2.65. The lowest BCUT2D eigenvalue weighted by molar-refractivity contribution is -0.138. The summed E-state index contributed by atoms with van der Waals surface area (Å²) in [5.41, 5.74) is 1.21. The van der Waals surface area contributed by atoms with Gasteiger partial charge in [0.1, 0.15) is 5.25 Å². The quantitative estimate of drug-likeness (QED) is 0.772. The lowest BCUT2D eigenvalue weighted by Gasteiger charge is -2.00. The van der Waals surface area contributed by atoms with Gasteiger partial charge in [-0.1, -0.05) is 23.4 Å². The van der Waals surface area contributed by atoms with Crippen LogP contribution in [0.2, 0.25) is 5.02 Å². The molecule has 26 heavy (non-hydrogen) atoms. The number of carboxylic acids is 1. The Morgan fingerprint density at radius 2 is 2.12 bits per heavy atom. The normalized spacial score (nSPS) is 17.1. The van der Waals surface area contributed by atoms with Gasteiger partial charge in [0.2, 0.25) is 0 Å². The molecule has 0 saturated carbocycles. The number of aromatic nitrogens is 2. The van der Waals surface area contributed by atoms with Gasteiger partial charge in [-0.05, 0) is 31.2 Å². The average molecular weight is 393 g/mol. The van der Waals surface area contributed by atoms with Crippen molar-refractivity contribution in [1.82, 2.24) is 9.78 Å². The second kappa shape index (κ2) is 7.30. The number of thioether (sulfide) groups is 1. The topological polar surface area (TPSA) is 117 Å². The number of amides is 1. The van der Waals surface area contributed by atoms with Gasteiger partial charge in [-0.15, -0.1) is 0 Å². The summed E-state index contributed by atoms with van der Waals surface area (Å²) in [6, 6.07) is 6.75. The van der Waals surface area contributed by atoms with E-state index in [0.29, 0.717) is 22.0 Å². The van der Waals surface area contributed by atoms with Gasteiger partial charge in [0.05, 0.1) is 17.7 Å². The number of aliphatic imine (C=N–C) groups is 2. The maximum Gasteiger partial charge on any atom is 0.305 e. The van der Waals surface area contributed by atoms with E-state index in [4.69, 9.17) is 16.7 Å². The van der Waals surface area contributed by atoms with E-state index in [1.165, 1.54) is 10.9 Å². The summed E-state index contributed by atoms with van der Waals surface area (Å²) in [5, 5.41) is 11.6. The van der Waals surface area contributed by atoms with Crippen LogP contribution >= 0.6 is 23.4 Å². The monoisotopic (exact) mass is 392 g/mol. The number of nitrogens with one attached hydrogen (secondary N) is 1. The number of halogens is 1. The molecule has 1 amide bonds. The molecule has 1 unspecified atom stereocenters. The highest BCUT2D eigenvalue weighted by atomic mass is 35.5. The largest absolute Gasteiger partial charge is 0.481 e. The number of carbonyl (C=O) groups is 2. The molecule has 0 radical (unpaired) electrons. The summed E-state index contributed by atoms with van der Waals surface area (Å²) in [6.45, 7) is 1.72. The summed E-state index contributed by atoms with van der Waals surface area (Å²) < 4.78 is 1.36. The number of rotatable bonds is 4. The lowest BCUT2D eigenvalue weighted by atomic mass is 10.3. The first-order valence-electron chi connectivity index (χ1n) is 7.48.